The maximum atomic E-state index is 11.5. The Morgan fingerprint density at radius 2 is 1.75 bits per heavy atom. The first kappa shape index (κ1) is 21.7. The normalized spacial score (nSPS) is 16.3. The molecule has 0 radical (unpaired) electrons. The third-order valence-corrected chi connectivity index (χ3v) is 3.02. The standard InChI is InChI=1S/C12H24N4O2.2ClH/c1-10(9-16-5-3-2-4-6-16)15-12(18)8-14-11(17)7-13;;/h10H,2-9,13H2,1H3,(H,14,17)(H,15,18);2*1H. The number of piperidine rings is 1. The fourth-order valence-electron chi connectivity index (χ4n) is 2.15. The number of likely N-dealkylation sites (tertiary alicyclic amines) is 1. The van der Waals surface area contributed by atoms with E-state index in [0.29, 0.717) is 0 Å². The average molecular weight is 329 g/mol. The minimum Gasteiger partial charge on any atom is -0.351 e. The molecule has 0 aromatic rings. The van der Waals surface area contributed by atoms with Gasteiger partial charge < -0.3 is 21.3 Å². The van der Waals surface area contributed by atoms with Gasteiger partial charge in [-0.15, -0.1) is 24.8 Å². The summed E-state index contributed by atoms with van der Waals surface area (Å²) in [6.07, 6.45) is 3.79. The number of carbonyl (C=O) groups is 2. The van der Waals surface area contributed by atoms with Crippen LogP contribution in [-0.2, 0) is 9.59 Å². The van der Waals surface area contributed by atoms with Gasteiger partial charge in [0.2, 0.25) is 11.8 Å². The lowest BCUT2D eigenvalue weighted by atomic mass is 10.1. The maximum Gasteiger partial charge on any atom is 0.239 e. The topological polar surface area (TPSA) is 87.5 Å². The van der Waals surface area contributed by atoms with E-state index in [0.717, 1.165) is 19.6 Å². The molecule has 4 N–H and O–H groups in total. The van der Waals surface area contributed by atoms with Gasteiger partial charge in [-0.25, -0.2) is 0 Å². The van der Waals surface area contributed by atoms with Gasteiger partial charge in [-0.2, -0.15) is 0 Å². The largest absolute Gasteiger partial charge is 0.351 e. The summed E-state index contributed by atoms with van der Waals surface area (Å²) in [5.74, 6) is -0.477. The smallest absolute Gasteiger partial charge is 0.239 e. The molecule has 1 aliphatic rings. The molecule has 120 valence electrons. The molecule has 0 aromatic carbocycles. The lowest BCUT2D eigenvalue weighted by Crippen LogP contribution is -2.47. The van der Waals surface area contributed by atoms with Crippen molar-refractivity contribution in [2.45, 2.75) is 32.2 Å². The summed E-state index contributed by atoms with van der Waals surface area (Å²) in [6.45, 7) is 5.00. The molecule has 1 saturated heterocycles. The third-order valence-electron chi connectivity index (χ3n) is 3.02. The fraction of sp³-hybridized carbons (Fsp3) is 0.833. The Balaban J connectivity index is 0. The van der Waals surface area contributed by atoms with Crippen molar-refractivity contribution < 1.29 is 9.59 Å². The van der Waals surface area contributed by atoms with E-state index in [1.807, 2.05) is 6.92 Å². The molecule has 6 nitrogen and oxygen atoms in total. The highest BCUT2D eigenvalue weighted by Gasteiger charge is 2.14. The lowest BCUT2D eigenvalue weighted by Gasteiger charge is -2.29. The molecule has 0 bridgehead atoms. The molecule has 1 fully saturated rings. The van der Waals surface area contributed by atoms with Gasteiger partial charge in [-0.3, -0.25) is 9.59 Å². The molecule has 1 atom stereocenters. The zero-order valence-corrected chi connectivity index (χ0v) is 13.5. The molecular weight excluding hydrogens is 303 g/mol. The first-order chi connectivity index (χ1) is 8.61. The van der Waals surface area contributed by atoms with Gasteiger partial charge in [0.25, 0.3) is 0 Å². The van der Waals surface area contributed by atoms with E-state index in [4.69, 9.17) is 5.73 Å². The van der Waals surface area contributed by atoms with Crippen molar-refractivity contribution in [3.63, 3.8) is 0 Å². The van der Waals surface area contributed by atoms with Crippen molar-refractivity contribution in [1.29, 1.82) is 0 Å². The quantitative estimate of drug-likeness (QED) is 0.635. The minimum absolute atomic E-state index is 0. The van der Waals surface area contributed by atoms with E-state index in [1.165, 1.54) is 19.3 Å². The number of nitrogens with zero attached hydrogens (tertiary/aromatic N) is 1. The van der Waals surface area contributed by atoms with Gasteiger partial charge in [0.1, 0.15) is 0 Å². The molecule has 1 unspecified atom stereocenters. The lowest BCUT2D eigenvalue weighted by molar-refractivity contribution is -0.125. The number of nitrogens with two attached hydrogens (primary N) is 1. The van der Waals surface area contributed by atoms with Gasteiger partial charge in [0, 0.05) is 12.6 Å². The summed E-state index contributed by atoms with van der Waals surface area (Å²) in [5.41, 5.74) is 5.13. The van der Waals surface area contributed by atoms with E-state index in [1.54, 1.807) is 0 Å². The molecule has 1 rings (SSSR count). The Morgan fingerprint density at radius 3 is 2.30 bits per heavy atom. The average Bonchev–Trinajstić information content (AvgIpc) is 2.37. The molecule has 8 heteroatoms. The number of hydrogen-bond donors (Lipinski definition) is 3. The Labute approximate surface area is 133 Å². The molecule has 0 spiro atoms. The Kier molecular flexibility index (Phi) is 13.3. The van der Waals surface area contributed by atoms with Gasteiger partial charge in [-0.1, -0.05) is 6.42 Å². The fourth-order valence-corrected chi connectivity index (χ4v) is 2.15. The van der Waals surface area contributed by atoms with Crippen molar-refractivity contribution in [3.05, 3.63) is 0 Å². The second kappa shape index (κ2) is 12.2. The first-order valence-electron chi connectivity index (χ1n) is 6.60. The third kappa shape index (κ3) is 9.36. The van der Waals surface area contributed by atoms with E-state index >= 15 is 0 Å². The van der Waals surface area contributed by atoms with Crippen LogP contribution in [0.4, 0.5) is 0 Å². The van der Waals surface area contributed by atoms with Gasteiger partial charge >= 0.3 is 0 Å². The number of rotatable bonds is 6. The molecule has 2 amide bonds. The summed E-state index contributed by atoms with van der Waals surface area (Å²) in [6, 6.07) is 0.102. The monoisotopic (exact) mass is 328 g/mol. The number of halogens is 2. The summed E-state index contributed by atoms with van der Waals surface area (Å²) in [5, 5.41) is 5.32. The van der Waals surface area contributed by atoms with Crippen molar-refractivity contribution in [1.82, 2.24) is 15.5 Å². The maximum absolute atomic E-state index is 11.5. The Bertz CT molecular complexity index is 287. The summed E-state index contributed by atoms with van der Waals surface area (Å²) < 4.78 is 0. The highest BCUT2D eigenvalue weighted by molar-refractivity contribution is 5.86. The van der Waals surface area contributed by atoms with Crippen LogP contribution in [0.5, 0.6) is 0 Å². The van der Waals surface area contributed by atoms with E-state index < -0.39 is 0 Å². The van der Waals surface area contributed by atoms with Crippen LogP contribution in [0, 0.1) is 0 Å². The van der Waals surface area contributed by atoms with E-state index in [2.05, 4.69) is 15.5 Å². The van der Waals surface area contributed by atoms with Crippen LogP contribution >= 0.6 is 24.8 Å². The van der Waals surface area contributed by atoms with Crippen molar-refractivity contribution >= 4 is 36.6 Å². The predicted molar refractivity (Wildman–Crippen MR) is 84.5 cm³/mol. The van der Waals surface area contributed by atoms with Gasteiger partial charge in [0.15, 0.2) is 0 Å². The number of amides is 2. The van der Waals surface area contributed by atoms with Crippen LogP contribution in [-0.4, -0.2) is 55.5 Å². The number of hydrogen-bond acceptors (Lipinski definition) is 4. The Morgan fingerprint density at radius 1 is 1.15 bits per heavy atom. The molecule has 0 aliphatic carbocycles. The molecule has 0 aromatic heterocycles. The SMILES string of the molecule is CC(CN1CCCCC1)NC(=O)CNC(=O)CN.Cl.Cl. The number of carbonyl (C=O) groups excluding carboxylic acids is 2. The van der Waals surface area contributed by atoms with E-state index in [9.17, 15) is 9.59 Å². The zero-order chi connectivity index (χ0) is 13.4. The highest BCUT2D eigenvalue weighted by Crippen LogP contribution is 2.08. The van der Waals surface area contributed by atoms with Crippen LogP contribution < -0.4 is 16.4 Å². The second-order valence-electron chi connectivity index (χ2n) is 4.81. The van der Waals surface area contributed by atoms with Crippen LogP contribution in [0.25, 0.3) is 0 Å². The molecular formula is C12H26Cl2N4O2. The number of nitrogens with one attached hydrogen (secondary N) is 2. The van der Waals surface area contributed by atoms with Crippen molar-refractivity contribution in [2.75, 3.05) is 32.7 Å². The van der Waals surface area contributed by atoms with Crippen molar-refractivity contribution in [2.24, 2.45) is 5.73 Å². The summed E-state index contributed by atoms with van der Waals surface area (Å²) in [7, 11) is 0. The zero-order valence-electron chi connectivity index (χ0n) is 11.9. The molecule has 20 heavy (non-hydrogen) atoms. The molecule has 1 aliphatic heterocycles. The van der Waals surface area contributed by atoms with Gasteiger partial charge in [0.05, 0.1) is 13.1 Å². The summed E-state index contributed by atoms with van der Waals surface area (Å²) in [4.78, 5) is 24.8. The van der Waals surface area contributed by atoms with Crippen LogP contribution in [0.3, 0.4) is 0 Å². The first-order valence-corrected chi connectivity index (χ1v) is 6.60. The minimum atomic E-state index is -0.311. The van der Waals surface area contributed by atoms with Crippen LogP contribution in [0.1, 0.15) is 26.2 Å². The predicted octanol–water partition coefficient (Wildman–Crippen LogP) is -0.104. The van der Waals surface area contributed by atoms with Crippen LogP contribution in [0.2, 0.25) is 0 Å². The van der Waals surface area contributed by atoms with Crippen LogP contribution in [0.15, 0.2) is 0 Å². The second-order valence-corrected chi connectivity index (χ2v) is 4.81. The van der Waals surface area contributed by atoms with Crippen molar-refractivity contribution in [3.8, 4) is 0 Å². The van der Waals surface area contributed by atoms with E-state index in [-0.39, 0.29) is 55.8 Å². The summed E-state index contributed by atoms with van der Waals surface area (Å²) >= 11 is 0. The van der Waals surface area contributed by atoms with Gasteiger partial charge in [-0.05, 0) is 32.9 Å². The molecule has 1 heterocycles. The highest BCUT2D eigenvalue weighted by atomic mass is 35.5. The molecule has 0 saturated carbocycles. The Hall–Kier alpha value is -0.560.